The highest BCUT2D eigenvalue weighted by atomic mass is 35.5. The van der Waals surface area contributed by atoms with Crippen molar-refractivity contribution in [2.45, 2.75) is 19.4 Å². The van der Waals surface area contributed by atoms with E-state index in [-0.39, 0.29) is 6.04 Å². The topological polar surface area (TPSA) is 59.6 Å². The number of hydrogen-bond acceptors (Lipinski definition) is 3. The summed E-state index contributed by atoms with van der Waals surface area (Å²) in [6, 6.07) is 8.80. The molecule has 0 saturated heterocycles. The summed E-state index contributed by atoms with van der Waals surface area (Å²) in [5.74, 6) is 0. The van der Waals surface area contributed by atoms with Gasteiger partial charge in [-0.25, -0.2) is 0 Å². The maximum absolute atomic E-state index is 8.85. The van der Waals surface area contributed by atoms with Gasteiger partial charge in [-0.15, -0.1) is 0 Å². The Bertz CT molecular complexity index is 428. The summed E-state index contributed by atoms with van der Waals surface area (Å²) in [6.45, 7) is 1.90. The fraction of sp³-hybridized carbons (Fsp3) is 0.273. The van der Waals surface area contributed by atoms with Gasteiger partial charge in [-0.1, -0.05) is 18.5 Å². The normalized spacial score (nSPS) is 11.2. The van der Waals surface area contributed by atoms with E-state index in [4.69, 9.17) is 22.1 Å². The van der Waals surface area contributed by atoms with Crippen molar-refractivity contribution in [2.24, 2.45) is 0 Å². The van der Waals surface area contributed by atoms with Crippen molar-refractivity contribution in [1.82, 2.24) is 0 Å². The van der Waals surface area contributed by atoms with E-state index in [0.717, 1.165) is 0 Å². The predicted octanol–water partition coefficient (Wildman–Crippen LogP) is 2.93. The van der Waals surface area contributed by atoms with Gasteiger partial charge in [-0.05, 0) is 24.6 Å². The van der Waals surface area contributed by atoms with Crippen molar-refractivity contribution < 1.29 is 0 Å². The molecule has 0 bridgehead atoms. The van der Waals surface area contributed by atoms with Gasteiger partial charge >= 0.3 is 0 Å². The third kappa shape index (κ3) is 2.87. The first-order valence-corrected chi connectivity index (χ1v) is 4.94. The smallest absolute Gasteiger partial charge is 0.114 e. The van der Waals surface area contributed by atoms with Crippen LogP contribution in [0, 0.1) is 22.7 Å². The van der Waals surface area contributed by atoms with Gasteiger partial charge in [0.05, 0.1) is 17.3 Å². The first kappa shape index (κ1) is 11.4. The van der Waals surface area contributed by atoms with Gasteiger partial charge in [-0.3, -0.25) is 0 Å². The number of halogens is 1. The Labute approximate surface area is 93.9 Å². The maximum Gasteiger partial charge on any atom is 0.114 e. The second-order valence-electron chi connectivity index (χ2n) is 3.04. The lowest BCUT2D eigenvalue weighted by atomic mass is 10.1. The summed E-state index contributed by atoms with van der Waals surface area (Å²) >= 11 is 5.81. The summed E-state index contributed by atoms with van der Waals surface area (Å²) in [5.41, 5.74) is 1.10. The molecule has 0 aliphatic carbocycles. The van der Waals surface area contributed by atoms with Crippen LogP contribution in [-0.2, 0) is 0 Å². The molecule has 1 rings (SSSR count). The van der Waals surface area contributed by atoms with Crippen LogP contribution < -0.4 is 5.32 Å². The average Bonchev–Trinajstić information content (AvgIpc) is 2.26. The lowest BCUT2D eigenvalue weighted by molar-refractivity contribution is 0.845. The van der Waals surface area contributed by atoms with E-state index in [2.05, 4.69) is 11.4 Å². The molecule has 76 valence electrons. The van der Waals surface area contributed by atoms with Gasteiger partial charge in [-0.2, -0.15) is 10.5 Å². The monoisotopic (exact) mass is 219 g/mol. The first-order chi connectivity index (χ1) is 7.21. The largest absolute Gasteiger partial charge is 0.369 e. The molecule has 0 fully saturated rings. The molecule has 0 aliphatic rings. The molecule has 0 amide bonds. The zero-order chi connectivity index (χ0) is 11.3. The van der Waals surface area contributed by atoms with E-state index >= 15 is 0 Å². The lowest BCUT2D eigenvalue weighted by Gasteiger charge is -2.12. The fourth-order valence-corrected chi connectivity index (χ4v) is 1.32. The van der Waals surface area contributed by atoms with Crippen molar-refractivity contribution in [3.63, 3.8) is 0 Å². The van der Waals surface area contributed by atoms with Crippen molar-refractivity contribution in [2.75, 3.05) is 5.32 Å². The Hall–Kier alpha value is -1.71. The highest BCUT2D eigenvalue weighted by molar-refractivity contribution is 6.30. The molecule has 0 saturated carbocycles. The molecule has 15 heavy (non-hydrogen) atoms. The van der Waals surface area contributed by atoms with Crippen LogP contribution in [-0.4, -0.2) is 6.04 Å². The molecule has 1 atom stereocenters. The molecule has 0 aliphatic heterocycles. The third-order valence-corrected chi connectivity index (χ3v) is 2.23. The molecule has 0 radical (unpaired) electrons. The lowest BCUT2D eigenvalue weighted by Crippen LogP contribution is -2.16. The Balaban J connectivity index is 2.99. The first-order valence-electron chi connectivity index (χ1n) is 4.57. The SMILES string of the molecule is CCC(C#N)Nc1cc(Cl)ccc1C#N. The molecule has 1 N–H and O–H groups in total. The van der Waals surface area contributed by atoms with E-state index in [1.165, 1.54) is 0 Å². The zero-order valence-corrected chi connectivity index (χ0v) is 9.04. The van der Waals surface area contributed by atoms with Crippen LogP contribution in [0.1, 0.15) is 18.9 Å². The minimum absolute atomic E-state index is 0.296. The fourth-order valence-electron chi connectivity index (χ4n) is 1.15. The van der Waals surface area contributed by atoms with E-state index in [1.54, 1.807) is 18.2 Å². The Kier molecular flexibility index (Phi) is 3.97. The van der Waals surface area contributed by atoms with Crippen molar-refractivity contribution >= 4 is 17.3 Å². The van der Waals surface area contributed by atoms with Gasteiger partial charge in [0, 0.05) is 5.02 Å². The second kappa shape index (κ2) is 5.24. The summed E-state index contributed by atoms with van der Waals surface area (Å²) in [7, 11) is 0. The van der Waals surface area contributed by atoms with Crippen molar-refractivity contribution in [1.29, 1.82) is 10.5 Å². The minimum Gasteiger partial charge on any atom is -0.369 e. The van der Waals surface area contributed by atoms with Crippen LogP contribution in [0.5, 0.6) is 0 Å². The summed E-state index contributed by atoms with van der Waals surface area (Å²) in [4.78, 5) is 0. The standard InChI is InChI=1S/C11H10ClN3/c1-2-10(7-14)15-11-5-9(12)4-3-8(11)6-13/h3-5,10,15H,2H2,1H3. The maximum atomic E-state index is 8.85. The number of hydrogen-bond donors (Lipinski definition) is 1. The molecule has 1 aromatic carbocycles. The summed E-state index contributed by atoms with van der Waals surface area (Å²) in [5, 5.41) is 21.2. The number of anilines is 1. The number of nitrogens with zero attached hydrogens (tertiary/aromatic N) is 2. The van der Waals surface area contributed by atoms with Gasteiger partial charge in [0.1, 0.15) is 12.1 Å². The molecule has 0 heterocycles. The van der Waals surface area contributed by atoms with Crippen molar-refractivity contribution in [3.05, 3.63) is 28.8 Å². The average molecular weight is 220 g/mol. The van der Waals surface area contributed by atoms with Crippen LogP contribution in [0.3, 0.4) is 0 Å². The molecule has 4 heteroatoms. The number of nitriles is 2. The number of nitrogens with one attached hydrogen (secondary N) is 1. The Morgan fingerprint density at radius 2 is 2.20 bits per heavy atom. The van der Waals surface area contributed by atoms with E-state index < -0.39 is 0 Å². The molecular formula is C11H10ClN3. The molecule has 1 aromatic rings. The molecule has 1 unspecified atom stereocenters. The quantitative estimate of drug-likeness (QED) is 0.850. The van der Waals surface area contributed by atoms with Crippen LogP contribution in [0.4, 0.5) is 5.69 Å². The second-order valence-corrected chi connectivity index (χ2v) is 3.47. The van der Waals surface area contributed by atoms with Crippen LogP contribution in [0.15, 0.2) is 18.2 Å². The highest BCUT2D eigenvalue weighted by Crippen LogP contribution is 2.21. The number of benzene rings is 1. The highest BCUT2D eigenvalue weighted by Gasteiger charge is 2.08. The van der Waals surface area contributed by atoms with E-state index in [1.807, 2.05) is 13.0 Å². The molecule has 0 spiro atoms. The Morgan fingerprint density at radius 3 is 2.73 bits per heavy atom. The Morgan fingerprint density at radius 1 is 1.47 bits per heavy atom. The van der Waals surface area contributed by atoms with Gasteiger partial charge < -0.3 is 5.32 Å². The van der Waals surface area contributed by atoms with E-state index in [9.17, 15) is 0 Å². The molecule has 0 aromatic heterocycles. The zero-order valence-electron chi connectivity index (χ0n) is 8.29. The molecular weight excluding hydrogens is 210 g/mol. The van der Waals surface area contributed by atoms with Crippen molar-refractivity contribution in [3.8, 4) is 12.1 Å². The van der Waals surface area contributed by atoms with Gasteiger partial charge in [0.15, 0.2) is 0 Å². The van der Waals surface area contributed by atoms with Gasteiger partial charge in [0.25, 0.3) is 0 Å². The predicted molar refractivity (Wildman–Crippen MR) is 59.5 cm³/mol. The van der Waals surface area contributed by atoms with E-state index in [0.29, 0.717) is 22.7 Å². The summed E-state index contributed by atoms with van der Waals surface area (Å²) < 4.78 is 0. The van der Waals surface area contributed by atoms with Gasteiger partial charge in [0.2, 0.25) is 0 Å². The van der Waals surface area contributed by atoms with Crippen LogP contribution in [0.2, 0.25) is 5.02 Å². The minimum atomic E-state index is -0.296. The van der Waals surface area contributed by atoms with Crippen LogP contribution >= 0.6 is 11.6 Å². The number of rotatable bonds is 3. The third-order valence-electron chi connectivity index (χ3n) is 2.00. The summed E-state index contributed by atoms with van der Waals surface area (Å²) in [6.07, 6.45) is 0.674. The van der Waals surface area contributed by atoms with Crippen LogP contribution in [0.25, 0.3) is 0 Å². The molecule has 3 nitrogen and oxygen atoms in total.